The van der Waals surface area contributed by atoms with Gasteiger partial charge in [0.15, 0.2) is 0 Å². The molecule has 0 bridgehead atoms. The number of nitrogens with zero attached hydrogens (tertiary/aromatic N) is 2. The summed E-state index contributed by atoms with van der Waals surface area (Å²) >= 11 is 1.46. The van der Waals surface area contributed by atoms with E-state index in [2.05, 4.69) is 21.1 Å². The van der Waals surface area contributed by atoms with Gasteiger partial charge in [-0.1, -0.05) is 12.1 Å². The summed E-state index contributed by atoms with van der Waals surface area (Å²) in [7, 11) is 1.67. The number of carbonyl (C=O) groups excluding carboxylic acids is 2. The van der Waals surface area contributed by atoms with Crippen LogP contribution in [0.25, 0.3) is 11.1 Å². The number of nitrogens with two attached hydrogens (primary N) is 1. The monoisotopic (exact) mass is 441 g/mol. The van der Waals surface area contributed by atoms with Crippen LogP contribution in [0, 0.1) is 5.92 Å². The maximum absolute atomic E-state index is 12.5. The fourth-order valence-corrected chi connectivity index (χ4v) is 4.45. The van der Waals surface area contributed by atoms with Crippen LogP contribution >= 0.6 is 11.9 Å². The Balaban J connectivity index is 1.38. The Morgan fingerprint density at radius 3 is 2.71 bits per heavy atom. The maximum Gasteiger partial charge on any atom is 0.237 e. The van der Waals surface area contributed by atoms with Gasteiger partial charge in [-0.2, -0.15) is 0 Å². The van der Waals surface area contributed by atoms with Gasteiger partial charge in [-0.15, -0.1) is 0 Å². The molecule has 1 aromatic carbocycles. The van der Waals surface area contributed by atoms with Crippen LogP contribution in [0.1, 0.15) is 32.1 Å². The van der Waals surface area contributed by atoms with E-state index in [1.165, 1.54) is 11.9 Å². The number of nitrogens with one attached hydrogen (secondary N) is 2. The molecule has 0 saturated carbocycles. The number of amides is 2. The molecule has 1 fully saturated rings. The molecule has 2 aromatic rings. The molecular formula is C23H31N5O2S. The first-order valence-corrected chi connectivity index (χ1v) is 11.6. The third kappa shape index (κ3) is 7.25. The highest BCUT2D eigenvalue weighted by Crippen LogP contribution is 2.25. The van der Waals surface area contributed by atoms with Crippen LogP contribution in [0.2, 0.25) is 0 Å². The average Bonchev–Trinajstić information content (AvgIpc) is 2.80. The molecule has 0 atom stereocenters. The van der Waals surface area contributed by atoms with E-state index in [1.54, 1.807) is 19.3 Å². The summed E-state index contributed by atoms with van der Waals surface area (Å²) in [6, 6.07) is 11.8. The lowest BCUT2D eigenvalue weighted by atomic mass is 9.91. The Labute approximate surface area is 188 Å². The first-order valence-electron chi connectivity index (χ1n) is 10.7. The summed E-state index contributed by atoms with van der Waals surface area (Å²) in [5, 5.41) is 2.66. The van der Waals surface area contributed by atoms with E-state index in [9.17, 15) is 9.59 Å². The smallest absolute Gasteiger partial charge is 0.237 e. The number of likely N-dealkylation sites (tertiary alicyclic amines) is 1. The molecule has 7 nitrogen and oxygen atoms in total. The third-order valence-electron chi connectivity index (χ3n) is 5.63. The Morgan fingerprint density at radius 1 is 1.19 bits per heavy atom. The van der Waals surface area contributed by atoms with Gasteiger partial charge < -0.3 is 16.0 Å². The number of aromatic nitrogens is 1. The molecule has 8 heteroatoms. The van der Waals surface area contributed by atoms with Gasteiger partial charge in [0.2, 0.25) is 11.8 Å². The lowest BCUT2D eigenvalue weighted by molar-refractivity contribution is -0.131. The second-order valence-electron chi connectivity index (χ2n) is 7.81. The van der Waals surface area contributed by atoms with E-state index in [4.69, 9.17) is 5.73 Å². The molecule has 1 aliphatic heterocycles. The van der Waals surface area contributed by atoms with Gasteiger partial charge in [0, 0.05) is 43.2 Å². The third-order valence-corrected chi connectivity index (χ3v) is 6.41. The van der Waals surface area contributed by atoms with Gasteiger partial charge in [-0.25, -0.2) is 4.98 Å². The van der Waals surface area contributed by atoms with E-state index < -0.39 is 0 Å². The average molecular weight is 442 g/mol. The lowest BCUT2D eigenvalue weighted by Gasteiger charge is -2.32. The molecule has 0 spiro atoms. The van der Waals surface area contributed by atoms with Crippen LogP contribution in [0.5, 0.6) is 0 Å². The molecule has 4 N–H and O–H groups in total. The molecule has 3 rings (SSSR count). The first kappa shape index (κ1) is 23.1. The van der Waals surface area contributed by atoms with E-state index >= 15 is 0 Å². The van der Waals surface area contributed by atoms with Crippen molar-refractivity contribution in [3.8, 4) is 11.1 Å². The molecule has 31 heavy (non-hydrogen) atoms. The lowest BCUT2D eigenvalue weighted by Crippen LogP contribution is -2.42. The van der Waals surface area contributed by atoms with Crippen LogP contribution in [0.3, 0.4) is 0 Å². The number of anilines is 1. The quantitative estimate of drug-likeness (QED) is 0.517. The van der Waals surface area contributed by atoms with E-state index in [0.29, 0.717) is 24.7 Å². The predicted molar refractivity (Wildman–Crippen MR) is 125 cm³/mol. The van der Waals surface area contributed by atoms with Crippen molar-refractivity contribution >= 4 is 29.6 Å². The molecule has 0 unspecified atom stereocenters. The fraction of sp³-hybridized carbons (Fsp3) is 0.435. The number of pyridine rings is 1. The molecule has 2 amide bonds. The van der Waals surface area contributed by atoms with Crippen LogP contribution in [-0.4, -0.2) is 48.4 Å². The molecule has 1 saturated heterocycles. The molecule has 2 heterocycles. The zero-order chi connectivity index (χ0) is 22.1. The van der Waals surface area contributed by atoms with Crippen molar-refractivity contribution in [3.05, 3.63) is 42.6 Å². The molecular weight excluding hydrogens is 410 g/mol. The number of nitrogen functional groups attached to an aromatic ring is 1. The van der Waals surface area contributed by atoms with Crippen molar-refractivity contribution in [1.82, 2.24) is 19.9 Å². The molecule has 1 aromatic heterocycles. The standard InChI is InChI=1S/C23H31N5O2S/c1-25-22(29)7-2-4-17-10-12-28(13-11-17)23(30)16-27-31-20-6-3-5-18(14-20)19-8-9-21(24)26-15-19/h3,5-6,8-9,14-15,17,27H,2,4,7,10-13,16H2,1H3,(H2,24,26)(H,25,29). The summed E-state index contributed by atoms with van der Waals surface area (Å²) in [5.74, 6) is 1.35. The first-order chi connectivity index (χ1) is 15.0. The number of benzene rings is 1. The highest BCUT2D eigenvalue weighted by Gasteiger charge is 2.22. The Kier molecular flexibility index (Phi) is 8.73. The van der Waals surface area contributed by atoms with Crippen molar-refractivity contribution in [1.29, 1.82) is 0 Å². The van der Waals surface area contributed by atoms with Crippen LogP contribution in [0.15, 0.2) is 47.5 Å². The van der Waals surface area contributed by atoms with Gasteiger partial charge >= 0.3 is 0 Å². The van der Waals surface area contributed by atoms with E-state index in [-0.39, 0.29) is 11.8 Å². The number of hydrogen-bond acceptors (Lipinski definition) is 6. The van der Waals surface area contributed by atoms with Crippen molar-refractivity contribution in [2.75, 3.05) is 32.4 Å². The Hall–Kier alpha value is -2.58. The van der Waals surface area contributed by atoms with Crippen LogP contribution in [-0.2, 0) is 9.59 Å². The van der Waals surface area contributed by atoms with Crippen molar-refractivity contribution in [2.24, 2.45) is 5.92 Å². The topological polar surface area (TPSA) is 100 Å². The number of rotatable bonds is 9. The van der Waals surface area contributed by atoms with E-state index in [1.807, 2.05) is 29.2 Å². The fourth-order valence-electron chi connectivity index (χ4n) is 3.76. The largest absolute Gasteiger partial charge is 0.384 e. The summed E-state index contributed by atoms with van der Waals surface area (Å²) in [4.78, 5) is 31.0. The van der Waals surface area contributed by atoms with Crippen molar-refractivity contribution in [2.45, 2.75) is 37.0 Å². The summed E-state index contributed by atoms with van der Waals surface area (Å²) in [5.41, 5.74) is 7.72. The summed E-state index contributed by atoms with van der Waals surface area (Å²) < 4.78 is 3.20. The number of carbonyl (C=O) groups is 2. The molecule has 166 valence electrons. The highest BCUT2D eigenvalue weighted by atomic mass is 32.2. The van der Waals surface area contributed by atoms with Gasteiger partial charge in [0.25, 0.3) is 0 Å². The minimum Gasteiger partial charge on any atom is -0.384 e. The molecule has 0 radical (unpaired) electrons. The molecule has 0 aliphatic carbocycles. The predicted octanol–water partition coefficient (Wildman–Crippen LogP) is 3.08. The summed E-state index contributed by atoms with van der Waals surface area (Å²) in [6.45, 7) is 1.91. The van der Waals surface area contributed by atoms with Crippen LogP contribution < -0.4 is 15.8 Å². The van der Waals surface area contributed by atoms with Gasteiger partial charge in [0.05, 0.1) is 6.54 Å². The number of piperidine rings is 1. The number of hydrogen-bond donors (Lipinski definition) is 3. The second kappa shape index (κ2) is 11.7. The minimum atomic E-state index is 0.104. The van der Waals surface area contributed by atoms with Gasteiger partial charge in [-0.05, 0) is 73.4 Å². The summed E-state index contributed by atoms with van der Waals surface area (Å²) in [6.07, 6.45) is 6.37. The van der Waals surface area contributed by atoms with Crippen molar-refractivity contribution in [3.63, 3.8) is 0 Å². The van der Waals surface area contributed by atoms with Gasteiger partial charge in [0.1, 0.15) is 5.82 Å². The zero-order valence-electron chi connectivity index (χ0n) is 18.0. The maximum atomic E-state index is 12.5. The second-order valence-corrected chi connectivity index (χ2v) is 8.78. The van der Waals surface area contributed by atoms with Gasteiger partial charge in [-0.3, -0.25) is 14.3 Å². The molecule has 1 aliphatic rings. The Bertz CT molecular complexity index is 867. The highest BCUT2D eigenvalue weighted by molar-refractivity contribution is 7.97. The van der Waals surface area contributed by atoms with Crippen molar-refractivity contribution < 1.29 is 9.59 Å². The SMILES string of the molecule is CNC(=O)CCCC1CCN(C(=O)CNSc2cccc(-c3ccc(N)nc3)c2)CC1. The van der Waals surface area contributed by atoms with E-state index in [0.717, 1.165) is 54.8 Å². The van der Waals surface area contributed by atoms with Crippen LogP contribution in [0.4, 0.5) is 5.82 Å². The normalized spacial score (nSPS) is 14.4. The minimum absolute atomic E-state index is 0.104. The zero-order valence-corrected chi connectivity index (χ0v) is 18.8. The Morgan fingerprint density at radius 2 is 2.00 bits per heavy atom.